The topological polar surface area (TPSA) is 47.0 Å². The van der Waals surface area contributed by atoms with Crippen molar-refractivity contribution in [2.24, 2.45) is 11.8 Å². The van der Waals surface area contributed by atoms with Gasteiger partial charge in [-0.25, -0.2) is 9.97 Å². The van der Waals surface area contributed by atoms with Gasteiger partial charge < -0.3 is 10.1 Å². The van der Waals surface area contributed by atoms with Crippen LogP contribution < -0.4 is 10.1 Å². The largest absolute Gasteiger partial charge is 0.481 e. The maximum absolute atomic E-state index is 5.14. The molecule has 0 spiro atoms. The van der Waals surface area contributed by atoms with E-state index in [1.165, 1.54) is 12.8 Å². The molecule has 1 aromatic heterocycles. The second kappa shape index (κ2) is 6.14. The van der Waals surface area contributed by atoms with Crippen LogP contribution in [0.4, 0.5) is 0 Å². The molecule has 1 heterocycles. The van der Waals surface area contributed by atoms with Crippen molar-refractivity contribution in [3.05, 3.63) is 18.1 Å². The Balaban J connectivity index is 1.98. The SMILES string of the molecule is CCCNC(Cc1cc(OC)ncn1)C1CC1C. The van der Waals surface area contributed by atoms with E-state index < -0.39 is 0 Å². The summed E-state index contributed by atoms with van der Waals surface area (Å²) in [6, 6.07) is 2.48. The zero-order chi connectivity index (χ0) is 13.0. The summed E-state index contributed by atoms with van der Waals surface area (Å²) in [5.74, 6) is 2.30. The Kier molecular flexibility index (Phi) is 4.53. The number of ether oxygens (including phenoxy) is 1. The normalized spacial score (nSPS) is 23.7. The van der Waals surface area contributed by atoms with Gasteiger partial charge in [0.15, 0.2) is 0 Å². The molecule has 0 aromatic carbocycles. The van der Waals surface area contributed by atoms with E-state index in [-0.39, 0.29) is 0 Å². The van der Waals surface area contributed by atoms with E-state index in [4.69, 9.17) is 4.74 Å². The maximum Gasteiger partial charge on any atom is 0.216 e. The molecular formula is C14H23N3O. The van der Waals surface area contributed by atoms with Crippen molar-refractivity contribution >= 4 is 0 Å². The van der Waals surface area contributed by atoms with Gasteiger partial charge in [-0.1, -0.05) is 13.8 Å². The summed E-state index contributed by atoms with van der Waals surface area (Å²) >= 11 is 0. The van der Waals surface area contributed by atoms with Crippen LogP contribution in [0.25, 0.3) is 0 Å². The molecule has 3 atom stereocenters. The molecule has 2 rings (SSSR count). The van der Waals surface area contributed by atoms with Crippen LogP contribution in [0.3, 0.4) is 0 Å². The second-order valence-corrected chi connectivity index (χ2v) is 5.19. The average Bonchev–Trinajstić information content (AvgIpc) is 3.12. The molecule has 18 heavy (non-hydrogen) atoms. The summed E-state index contributed by atoms with van der Waals surface area (Å²) in [6.45, 7) is 5.61. The Morgan fingerprint density at radius 2 is 2.28 bits per heavy atom. The fourth-order valence-electron chi connectivity index (χ4n) is 2.44. The molecule has 0 saturated heterocycles. The number of nitrogens with one attached hydrogen (secondary N) is 1. The first-order valence-corrected chi connectivity index (χ1v) is 6.82. The van der Waals surface area contributed by atoms with Crippen molar-refractivity contribution in [3.63, 3.8) is 0 Å². The van der Waals surface area contributed by atoms with Gasteiger partial charge in [-0.05, 0) is 31.2 Å². The van der Waals surface area contributed by atoms with Crippen molar-refractivity contribution in [3.8, 4) is 5.88 Å². The highest BCUT2D eigenvalue weighted by Gasteiger charge is 2.39. The molecule has 0 amide bonds. The van der Waals surface area contributed by atoms with Gasteiger partial charge in [0.25, 0.3) is 0 Å². The zero-order valence-corrected chi connectivity index (χ0v) is 11.5. The van der Waals surface area contributed by atoms with Gasteiger partial charge in [-0.2, -0.15) is 0 Å². The van der Waals surface area contributed by atoms with Crippen LogP contribution in [0, 0.1) is 11.8 Å². The quantitative estimate of drug-likeness (QED) is 0.803. The maximum atomic E-state index is 5.14. The van der Waals surface area contributed by atoms with E-state index in [0.717, 1.165) is 30.5 Å². The van der Waals surface area contributed by atoms with Crippen LogP contribution in [0.15, 0.2) is 12.4 Å². The first-order valence-electron chi connectivity index (χ1n) is 6.82. The van der Waals surface area contributed by atoms with Crippen LogP contribution in [0.1, 0.15) is 32.4 Å². The molecule has 1 saturated carbocycles. The molecule has 4 heteroatoms. The lowest BCUT2D eigenvalue weighted by Gasteiger charge is -2.18. The third-order valence-electron chi connectivity index (χ3n) is 3.68. The number of hydrogen-bond acceptors (Lipinski definition) is 4. The van der Waals surface area contributed by atoms with Gasteiger partial charge in [0.1, 0.15) is 6.33 Å². The molecule has 0 bridgehead atoms. The highest BCUT2D eigenvalue weighted by atomic mass is 16.5. The van der Waals surface area contributed by atoms with Gasteiger partial charge in [-0.15, -0.1) is 0 Å². The van der Waals surface area contributed by atoms with Crippen LogP contribution in [0.5, 0.6) is 5.88 Å². The molecule has 0 aliphatic heterocycles. The lowest BCUT2D eigenvalue weighted by Crippen LogP contribution is -2.34. The van der Waals surface area contributed by atoms with E-state index in [2.05, 4.69) is 29.1 Å². The number of nitrogens with zero attached hydrogens (tertiary/aromatic N) is 2. The highest BCUT2D eigenvalue weighted by molar-refractivity contribution is 5.15. The smallest absolute Gasteiger partial charge is 0.216 e. The first kappa shape index (κ1) is 13.3. The Morgan fingerprint density at radius 3 is 2.89 bits per heavy atom. The molecule has 1 aliphatic rings. The number of hydrogen-bond donors (Lipinski definition) is 1. The molecule has 100 valence electrons. The summed E-state index contributed by atoms with van der Waals surface area (Å²) < 4.78 is 5.14. The fourth-order valence-corrected chi connectivity index (χ4v) is 2.44. The van der Waals surface area contributed by atoms with Gasteiger partial charge in [0.2, 0.25) is 5.88 Å². The van der Waals surface area contributed by atoms with Gasteiger partial charge >= 0.3 is 0 Å². The third kappa shape index (κ3) is 3.42. The van der Waals surface area contributed by atoms with Gasteiger partial charge in [0.05, 0.1) is 7.11 Å². The minimum Gasteiger partial charge on any atom is -0.481 e. The second-order valence-electron chi connectivity index (χ2n) is 5.19. The van der Waals surface area contributed by atoms with Crippen molar-refractivity contribution in [2.75, 3.05) is 13.7 Å². The summed E-state index contributed by atoms with van der Waals surface area (Å²) in [7, 11) is 1.64. The van der Waals surface area contributed by atoms with Crippen LogP contribution in [-0.2, 0) is 6.42 Å². The Bertz CT molecular complexity index is 383. The number of aromatic nitrogens is 2. The van der Waals surface area contributed by atoms with E-state index >= 15 is 0 Å². The molecule has 1 aliphatic carbocycles. The molecular weight excluding hydrogens is 226 g/mol. The molecule has 3 unspecified atom stereocenters. The van der Waals surface area contributed by atoms with Crippen LogP contribution >= 0.6 is 0 Å². The van der Waals surface area contributed by atoms with Crippen molar-refractivity contribution < 1.29 is 4.74 Å². The third-order valence-corrected chi connectivity index (χ3v) is 3.68. The van der Waals surface area contributed by atoms with E-state index in [0.29, 0.717) is 11.9 Å². The van der Waals surface area contributed by atoms with E-state index in [9.17, 15) is 0 Å². The minimum atomic E-state index is 0.541. The Labute approximate surface area is 109 Å². The first-order chi connectivity index (χ1) is 8.74. The predicted octanol–water partition coefficient (Wildman–Crippen LogP) is 2.05. The molecule has 4 nitrogen and oxygen atoms in total. The highest BCUT2D eigenvalue weighted by Crippen LogP contribution is 2.41. The van der Waals surface area contributed by atoms with Gasteiger partial charge in [0, 0.05) is 24.2 Å². The number of rotatable bonds is 7. The molecule has 1 aromatic rings. The molecule has 0 radical (unpaired) electrons. The summed E-state index contributed by atoms with van der Waals surface area (Å²) in [6.07, 6.45) is 5.06. The van der Waals surface area contributed by atoms with Crippen molar-refractivity contribution in [2.45, 2.75) is 39.2 Å². The number of methoxy groups -OCH3 is 1. The van der Waals surface area contributed by atoms with Crippen molar-refractivity contribution in [1.82, 2.24) is 15.3 Å². The predicted molar refractivity (Wildman–Crippen MR) is 71.6 cm³/mol. The van der Waals surface area contributed by atoms with Gasteiger partial charge in [-0.3, -0.25) is 0 Å². The zero-order valence-electron chi connectivity index (χ0n) is 11.5. The van der Waals surface area contributed by atoms with Crippen molar-refractivity contribution in [1.29, 1.82) is 0 Å². The standard InChI is InChI=1S/C14H23N3O/c1-4-5-15-13(12-6-10(12)2)7-11-8-14(18-3)17-9-16-11/h8-10,12-13,15H,4-7H2,1-3H3. The Hall–Kier alpha value is -1.16. The average molecular weight is 249 g/mol. The van der Waals surface area contributed by atoms with E-state index in [1.54, 1.807) is 13.4 Å². The summed E-state index contributed by atoms with van der Waals surface area (Å²) in [4.78, 5) is 8.39. The molecule has 1 fully saturated rings. The van der Waals surface area contributed by atoms with Crippen LogP contribution in [0.2, 0.25) is 0 Å². The lowest BCUT2D eigenvalue weighted by molar-refractivity contribution is 0.393. The summed E-state index contributed by atoms with van der Waals surface area (Å²) in [5.41, 5.74) is 1.06. The monoisotopic (exact) mass is 249 g/mol. The van der Waals surface area contributed by atoms with Crippen LogP contribution in [-0.4, -0.2) is 29.7 Å². The van der Waals surface area contributed by atoms with E-state index in [1.807, 2.05) is 6.07 Å². The fraction of sp³-hybridized carbons (Fsp3) is 0.714. The Morgan fingerprint density at radius 1 is 1.50 bits per heavy atom. The summed E-state index contributed by atoms with van der Waals surface area (Å²) in [5, 5.41) is 3.65. The molecule has 1 N–H and O–H groups in total. The minimum absolute atomic E-state index is 0.541. The lowest BCUT2D eigenvalue weighted by atomic mass is 10.0.